The topological polar surface area (TPSA) is 49.7 Å². The zero-order valence-corrected chi connectivity index (χ0v) is 20.8. The molecule has 0 aliphatic heterocycles. The van der Waals surface area contributed by atoms with E-state index in [1.54, 1.807) is 0 Å². The largest absolute Gasteiger partial charge is 0.491 e. The Kier molecular flexibility index (Phi) is 12.0. The molecule has 0 spiro atoms. The third-order valence-electron chi connectivity index (χ3n) is 6.04. The predicted octanol–water partition coefficient (Wildman–Crippen LogP) is 6.77. The molecule has 5 atom stereocenters. The first-order chi connectivity index (χ1) is 14.0. The average Bonchev–Trinajstić information content (AvgIpc) is 2.64. The summed E-state index contributed by atoms with van der Waals surface area (Å²) in [4.78, 5) is 0. The number of aliphatic hydroxyl groups excluding tert-OH is 2. The van der Waals surface area contributed by atoms with E-state index in [4.69, 9.17) is 9.84 Å². The number of aliphatic hydroxyl groups is 2. The summed E-state index contributed by atoms with van der Waals surface area (Å²) in [5, 5.41) is 18.9. The van der Waals surface area contributed by atoms with Gasteiger partial charge in [0.25, 0.3) is 0 Å². The first-order valence-electron chi connectivity index (χ1n) is 12.1. The SMILES string of the molecule is CC(C)CC(C)CC(C)c1ccc(OCC(O)CO)c(C(C)CC(C)CC(C)C)c1. The molecule has 0 saturated carbocycles. The van der Waals surface area contributed by atoms with Crippen LogP contribution in [0.5, 0.6) is 5.75 Å². The van der Waals surface area contributed by atoms with Crippen LogP contribution in [0.4, 0.5) is 0 Å². The van der Waals surface area contributed by atoms with Crippen molar-refractivity contribution in [1.82, 2.24) is 0 Å². The summed E-state index contributed by atoms with van der Waals surface area (Å²) >= 11 is 0. The maximum Gasteiger partial charge on any atom is 0.122 e. The molecule has 0 aromatic heterocycles. The molecule has 2 N–H and O–H groups in total. The fourth-order valence-electron chi connectivity index (χ4n) is 4.90. The molecule has 0 aliphatic rings. The number of rotatable bonds is 14. The highest BCUT2D eigenvalue weighted by Crippen LogP contribution is 2.36. The molecule has 5 unspecified atom stereocenters. The van der Waals surface area contributed by atoms with Crippen molar-refractivity contribution in [3.05, 3.63) is 29.3 Å². The van der Waals surface area contributed by atoms with E-state index >= 15 is 0 Å². The lowest BCUT2D eigenvalue weighted by Crippen LogP contribution is -2.22. The van der Waals surface area contributed by atoms with Gasteiger partial charge in [-0.2, -0.15) is 0 Å². The highest BCUT2D eigenvalue weighted by atomic mass is 16.5. The van der Waals surface area contributed by atoms with Gasteiger partial charge in [0.05, 0.1) is 6.61 Å². The van der Waals surface area contributed by atoms with Crippen molar-refractivity contribution in [1.29, 1.82) is 0 Å². The van der Waals surface area contributed by atoms with Crippen LogP contribution in [0.15, 0.2) is 18.2 Å². The molecule has 0 heterocycles. The van der Waals surface area contributed by atoms with Crippen LogP contribution >= 0.6 is 0 Å². The van der Waals surface area contributed by atoms with Crippen molar-refractivity contribution < 1.29 is 14.9 Å². The molecule has 0 bridgehead atoms. The first kappa shape index (κ1) is 27.0. The van der Waals surface area contributed by atoms with E-state index in [2.05, 4.69) is 73.6 Å². The monoisotopic (exact) mass is 420 g/mol. The van der Waals surface area contributed by atoms with Gasteiger partial charge in [-0.1, -0.05) is 67.5 Å². The van der Waals surface area contributed by atoms with Crippen molar-refractivity contribution in [2.45, 2.75) is 99.0 Å². The molecule has 30 heavy (non-hydrogen) atoms. The summed E-state index contributed by atoms with van der Waals surface area (Å²) in [5.41, 5.74) is 2.61. The van der Waals surface area contributed by atoms with Crippen LogP contribution in [0.1, 0.15) is 104 Å². The van der Waals surface area contributed by atoms with Crippen LogP contribution in [-0.4, -0.2) is 29.5 Å². The Morgan fingerprint density at radius 1 is 0.767 bits per heavy atom. The number of hydrogen-bond acceptors (Lipinski definition) is 3. The van der Waals surface area contributed by atoms with Gasteiger partial charge in [-0.3, -0.25) is 0 Å². The zero-order valence-electron chi connectivity index (χ0n) is 20.8. The lowest BCUT2D eigenvalue weighted by Gasteiger charge is -2.25. The molecule has 1 aromatic carbocycles. The molecule has 3 nitrogen and oxygen atoms in total. The fourth-order valence-corrected chi connectivity index (χ4v) is 4.90. The van der Waals surface area contributed by atoms with Crippen LogP contribution in [-0.2, 0) is 0 Å². The Morgan fingerprint density at radius 2 is 1.30 bits per heavy atom. The van der Waals surface area contributed by atoms with Gasteiger partial charge in [-0.15, -0.1) is 0 Å². The summed E-state index contributed by atoms with van der Waals surface area (Å²) in [6.45, 7) is 18.3. The third kappa shape index (κ3) is 9.83. The van der Waals surface area contributed by atoms with E-state index in [1.807, 2.05) is 0 Å². The van der Waals surface area contributed by atoms with E-state index in [-0.39, 0.29) is 13.2 Å². The van der Waals surface area contributed by atoms with E-state index in [0.29, 0.717) is 29.6 Å². The Balaban J connectivity index is 3.03. The molecule has 0 amide bonds. The van der Waals surface area contributed by atoms with Crippen LogP contribution in [0.3, 0.4) is 0 Å². The van der Waals surface area contributed by atoms with Gasteiger partial charge in [0.15, 0.2) is 0 Å². The van der Waals surface area contributed by atoms with Crippen LogP contribution < -0.4 is 4.74 Å². The minimum atomic E-state index is -0.844. The quantitative estimate of drug-likeness (QED) is 0.349. The van der Waals surface area contributed by atoms with E-state index in [0.717, 1.165) is 18.1 Å². The van der Waals surface area contributed by atoms with Crippen molar-refractivity contribution in [3.63, 3.8) is 0 Å². The van der Waals surface area contributed by atoms with Crippen molar-refractivity contribution in [3.8, 4) is 5.75 Å². The maximum atomic E-state index is 9.73. The Labute approximate surface area is 186 Å². The van der Waals surface area contributed by atoms with Crippen molar-refractivity contribution >= 4 is 0 Å². The number of ether oxygens (including phenoxy) is 1. The predicted molar refractivity (Wildman–Crippen MR) is 128 cm³/mol. The molecular formula is C27H48O3. The molecule has 174 valence electrons. The second kappa shape index (κ2) is 13.4. The first-order valence-corrected chi connectivity index (χ1v) is 12.1. The Morgan fingerprint density at radius 3 is 1.80 bits per heavy atom. The van der Waals surface area contributed by atoms with Gasteiger partial charge in [-0.25, -0.2) is 0 Å². The van der Waals surface area contributed by atoms with Gasteiger partial charge < -0.3 is 14.9 Å². The highest BCUT2D eigenvalue weighted by molar-refractivity contribution is 5.41. The third-order valence-corrected chi connectivity index (χ3v) is 6.04. The van der Waals surface area contributed by atoms with Gasteiger partial charge in [0.2, 0.25) is 0 Å². The summed E-state index contributed by atoms with van der Waals surface area (Å²) in [6, 6.07) is 6.59. The van der Waals surface area contributed by atoms with Crippen molar-refractivity contribution in [2.75, 3.05) is 13.2 Å². The Bertz CT molecular complexity index is 596. The van der Waals surface area contributed by atoms with E-state index < -0.39 is 6.10 Å². The van der Waals surface area contributed by atoms with Crippen LogP contribution in [0, 0.1) is 23.7 Å². The van der Waals surface area contributed by atoms with Crippen LogP contribution in [0.25, 0.3) is 0 Å². The minimum absolute atomic E-state index is 0.123. The molecule has 1 aromatic rings. The summed E-state index contributed by atoms with van der Waals surface area (Å²) < 4.78 is 5.93. The smallest absolute Gasteiger partial charge is 0.122 e. The normalized spacial score (nSPS) is 17.1. The molecule has 0 radical (unpaired) electrons. The number of hydrogen-bond donors (Lipinski definition) is 2. The molecule has 0 aliphatic carbocycles. The summed E-state index contributed by atoms with van der Waals surface area (Å²) in [6.07, 6.45) is 3.97. The molecule has 3 heteroatoms. The summed E-state index contributed by atoms with van der Waals surface area (Å²) in [7, 11) is 0. The Hall–Kier alpha value is -1.06. The molecular weight excluding hydrogens is 372 g/mol. The van der Waals surface area contributed by atoms with E-state index in [1.165, 1.54) is 30.4 Å². The van der Waals surface area contributed by atoms with Gasteiger partial charge >= 0.3 is 0 Å². The van der Waals surface area contributed by atoms with Crippen molar-refractivity contribution in [2.24, 2.45) is 23.7 Å². The standard InChI is InChI=1S/C27H48O3/c1-18(2)11-20(5)13-22(7)24-9-10-27(30-17-25(29)16-28)26(15-24)23(8)14-21(6)12-19(3)4/h9-10,15,18-23,25,28-29H,11-14,16-17H2,1-8H3. The average molecular weight is 421 g/mol. The number of benzene rings is 1. The highest BCUT2D eigenvalue weighted by Gasteiger charge is 2.20. The van der Waals surface area contributed by atoms with Gasteiger partial charge in [-0.05, 0) is 78.4 Å². The molecule has 1 rings (SSSR count). The lowest BCUT2D eigenvalue weighted by atomic mass is 9.83. The zero-order chi connectivity index (χ0) is 22.8. The second-order valence-electron chi connectivity index (χ2n) is 10.7. The maximum absolute atomic E-state index is 9.73. The second-order valence-corrected chi connectivity index (χ2v) is 10.7. The summed E-state index contributed by atoms with van der Waals surface area (Å²) in [5.74, 6) is 4.55. The minimum Gasteiger partial charge on any atom is -0.491 e. The lowest BCUT2D eigenvalue weighted by molar-refractivity contribution is 0.0531. The fraction of sp³-hybridized carbons (Fsp3) is 0.778. The molecule has 0 fully saturated rings. The van der Waals surface area contributed by atoms with Gasteiger partial charge in [0, 0.05) is 0 Å². The van der Waals surface area contributed by atoms with E-state index in [9.17, 15) is 5.11 Å². The van der Waals surface area contributed by atoms with Gasteiger partial charge in [0.1, 0.15) is 18.5 Å². The van der Waals surface area contributed by atoms with Crippen LogP contribution in [0.2, 0.25) is 0 Å². The molecule has 0 saturated heterocycles.